The molecule has 98 valence electrons. The van der Waals surface area contributed by atoms with Crippen molar-refractivity contribution in [1.29, 1.82) is 0 Å². The van der Waals surface area contributed by atoms with Crippen molar-refractivity contribution in [3.8, 4) is 0 Å². The molecule has 2 heteroatoms. The molecule has 1 N–H and O–H groups in total. The Morgan fingerprint density at radius 1 is 1.00 bits per heavy atom. The lowest BCUT2D eigenvalue weighted by Crippen LogP contribution is -2.41. The lowest BCUT2D eigenvalue weighted by atomic mass is 9.91. The average molecular weight is 245 g/mol. The molecule has 1 aromatic rings. The summed E-state index contributed by atoms with van der Waals surface area (Å²) in [7, 11) is 0. The Bertz CT molecular complexity index is 387. The fourth-order valence-electron chi connectivity index (χ4n) is 3.74. The molecule has 0 bridgehead atoms. The van der Waals surface area contributed by atoms with Crippen molar-refractivity contribution >= 4 is 0 Å². The first-order chi connectivity index (χ1) is 8.86. The second-order valence-electron chi connectivity index (χ2n) is 5.85. The van der Waals surface area contributed by atoms with Crippen LogP contribution in [-0.2, 0) is 13.2 Å². The van der Waals surface area contributed by atoms with E-state index in [0.717, 1.165) is 24.1 Å². The molecule has 1 aromatic carbocycles. The van der Waals surface area contributed by atoms with E-state index in [-0.39, 0.29) is 6.61 Å². The van der Waals surface area contributed by atoms with Gasteiger partial charge in [0.05, 0.1) is 6.61 Å². The number of fused-ring (bicyclic) bond motifs is 1. The third-order valence-electron chi connectivity index (χ3n) is 4.70. The number of rotatable bonds is 3. The molecule has 0 amide bonds. The number of hydrogen-bond acceptors (Lipinski definition) is 2. The van der Waals surface area contributed by atoms with Crippen LogP contribution in [0.3, 0.4) is 0 Å². The molecule has 0 spiro atoms. The van der Waals surface area contributed by atoms with Gasteiger partial charge in [0.15, 0.2) is 0 Å². The van der Waals surface area contributed by atoms with Crippen molar-refractivity contribution in [2.75, 3.05) is 6.54 Å². The van der Waals surface area contributed by atoms with Crippen LogP contribution in [0.2, 0.25) is 0 Å². The largest absolute Gasteiger partial charge is 0.392 e. The summed E-state index contributed by atoms with van der Waals surface area (Å²) in [6.07, 6.45) is 7.10. The zero-order valence-corrected chi connectivity index (χ0v) is 11.0. The minimum Gasteiger partial charge on any atom is -0.392 e. The summed E-state index contributed by atoms with van der Waals surface area (Å²) in [6, 6.07) is 9.28. The molecule has 2 atom stereocenters. The van der Waals surface area contributed by atoms with E-state index in [4.69, 9.17) is 5.11 Å². The molecule has 1 saturated heterocycles. The molecule has 2 fully saturated rings. The summed E-state index contributed by atoms with van der Waals surface area (Å²) in [5.74, 6) is 0.968. The maximum atomic E-state index is 9.06. The predicted octanol–water partition coefficient (Wildman–Crippen LogP) is 2.94. The van der Waals surface area contributed by atoms with E-state index in [1.807, 2.05) is 12.1 Å². The van der Waals surface area contributed by atoms with Gasteiger partial charge in [-0.2, -0.15) is 0 Å². The molecule has 2 unspecified atom stereocenters. The van der Waals surface area contributed by atoms with Crippen molar-refractivity contribution in [3.05, 3.63) is 35.4 Å². The molecule has 2 nitrogen and oxygen atoms in total. The number of likely N-dealkylation sites (tertiary alicyclic amines) is 1. The minimum absolute atomic E-state index is 0.148. The molecule has 0 radical (unpaired) electrons. The van der Waals surface area contributed by atoms with Crippen LogP contribution in [0.25, 0.3) is 0 Å². The monoisotopic (exact) mass is 245 g/mol. The van der Waals surface area contributed by atoms with Gasteiger partial charge < -0.3 is 5.11 Å². The van der Waals surface area contributed by atoms with Gasteiger partial charge in [0.1, 0.15) is 0 Å². The Morgan fingerprint density at radius 3 is 2.50 bits per heavy atom. The highest BCUT2D eigenvalue weighted by molar-refractivity contribution is 5.22. The second-order valence-corrected chi connectivity index (χ2v) is 5.85. The quantitative estimate of drug-likeness (QED) is 0.885. The van der Waals surface area contributed by atoms with E-state index < -0.39 is 0 Å². The van der Waals surface area contributed by atoms with Gasteiger partial charge in [-0.25, -0.2) is 0 Å². The SMILES string of the molecule is OCc1ccc(CN2CCCC3CCCC32)cc1. The molecule has 2 aliphatic rings. The van der Waals surface area contributed by atoms with Gasteiger partial charge >= 0.3 is 0 Å². The maximum Gasteiger partial charge on any atom is 0.0681 e. The van der Waals surface area contributed by atoms with Crippen LogP contribution in [0, 0.1) is 5.92 Å². The van der Waals surface area contributed by atoms with Crippen LogP contribution >= 0.6 is 0 Å². The van der Waals surface area contributed by atoms with Crippen LogP contribution < -0.4 is 0 Å². The van der Waals surface area contributed by atoms with E-state index in [1.165, 1.54) is 44.2 Å². The zero-order valence-electron chi connectivity index (χ0n) is 11.0. The topological polar surface area (TPSA) is 23.5 Å². The van der Waals surface area contributed by atoms with Gasteiger partial charge in [-0.05, 0) is 49.3 Å². The van der Waals surface area contributed by atoms with Crippen molar-refractivity contribution in [3.63, 3.8) is 0 Å². The molecule has 0 aromatic heterocycles. The third kappa shape index (κ3) is 2.45. The minimum atomic E-state index is 0.148. The normalized spacial score (nSPS) is 28.3. The van der Waals surface area contributed by atoms with Gasteiger partial charge in [-0.1, -0.05) is 30.7 Å². The highest BCUT2D eigenvalue weighted by Crippen LogP contribution is 2.37. The summed E-state index contributed by atoms with van der Waals surface area (Å²) < 4.78 is 0. The number of nitrogens with zero attached hydrogens (tertiary/aromatic N) is 1. The van der Waals surface area contributed by atoms with Crippen LogP contribution in [0.4, 0.5) is 0 Å². The van der Waals surface area contributed by atoms with E-state index in [0.29, 0.717) is 0 Å². The van der Waals surface area contributed by atoms with E-state index >= 15 is 0 Å². The summed E-state index contributed by atoms with van der Waals surface area (Å²) in [4.78, 5) is 2.69. The summed E-state index contributed by atoms with van der Waals surface area (Å²) in [6.45, 7) is 2.50. The molecular formula is C16H23NO. The van der Waals surface area contributed by atoms with Gasteiger partial charge in [0, 0.05) is 12.6 Å². The van der Waals surface area contributed by atoms with Crippen molar-refractivity contribution < 1.29 is 5.11 Å². The molecule has 1 aliphatic carbocycles. The molecule has 1 heterocycles. The van der Waals surface area contributed by atoms with Crippen LogP contribution in [0.15, 0.2) is 24.3 Å². The Kier molecular flexibility index (Phi) is 3.67. The first kappa shape index (κ1) is 12.2. The van der Waals surface area contributed by atoms with Crippen LogP contribution in [-0.4, -0.2) is 22.6 Å². The number of aliphatic hydroxyl groups is 1. The lowest BCUT2D eigenvalue weighted by molar-refractivity contribution is 0.106. The smallest absolute Gasteiger partial charge is 0.0681 e. The molecule has 1 saturated carbocycles. The standard InChI is InChI=1S/C16H23NO/c18-12-14-8-6-13(7-9-14)11-17-10-2-4-15-3-1-5-16(15)17/h6-9,15-16,18H,1-5,10-12H2. The van der Waals surface area contributed by atoms with Gasteiger partial charge in [0.2, 0.25) is 0 Å². The lowest BCUT2D eigenvalue weighted by Gasteiger charge is -2.37. The molecule has 3 rings (SSSR count). The summed E-state index contributed by atoms with van der Waals surface area (Å²) in [5.41, 5.74) is 2.40. The van der Waals surface area contributed by atoms with E-state index in [9.17, 15) is 0 Å². The number of benzene rings is 1. The van der Waals surface area contributed by atoms with Crippen molar-refractivity contribution in [2.24, 2.45) is 5.92 Å². The fourth-order valence-corrected chi connectivity index (χ4v) is 3.74. The Morgan fingerprint density at radius 2 is 1.72 bits per heavy atom. The van der Waals surface area contributed by atoms with Gasteiger partial charge in [0.25, 0.3) is 0 Å². The van der Waals surface area contributed by atoms with Crippen molar-refractivity contribution in [1.82, 2.24) is 4.90 Å². The Hall–Kier alpha value is -0.860. The highest BCUT2D eigenvalue weighted by atomic mass is 16.3. The molecule has 1 aliphatic heterocycles. The van der Waals surface area contributed by atoms with Crippen molar-refractivity contribution in [2.45, 2.75) is 51.3 Å². The number of aliphatic hydroxyl groups excluding tert-OH is 1. The maximum absolute atomic E-state index is 9.06. The first-order valence-electron chi connectivity index (χ1n) is 7.29. The second kappa shape index (κ2) is 5.41. The van der Waals surface area contributed by atoms with E-state index in [2.05, 4.69) is 17.0 Å². The Labute approximate surface area is 110 Å². The van der Waals surface area contributed by atoms with Crippen LogP contribution in [0.1, 0.15) is 43.2 Å². The zero-order chi connectivity index (χ0) is 12.4. The van der Waals surface area contributed by atoms with Gasteiger partial charge in [-0.3, -0.25) is 4.90 Å². The Balaban J connectivity index is 1.67. The van der Waals surface area contributed by atoms with Gasteiger partial charge in [-0.15, -0.1) is 0 Å². The predicted molar refractivity (Wildman–Crippen MR) is 73.1 cm³/mol. The summed E-state index contributed by atoms with van der Waals surface area (Å²) in [5, 5.41) is 9.06. The summed E-state index contributed by atoms with van der Waals surface area (Å²) >= 11 is 0. The number of hydrogen-bond donors (Lipinski definition) is 1. The molecule has 18 heavy (non-hydrogen) atoms. The first-order valence-corrected chi connectivity index (χ1v) is 7.29. The van der Waals surface area contributed by atoms with Crippen LogP contribution in [0.5, 0.6) is 0 Å². The third-order valence-corrected chi connectivity index (χ3v) is 4.70. The van der Waals surface area contributed by atoms with E-state index in [1.54, 1.807) is 0 Å². The number of piperidine rings is 1. The molecular weight excluding hydrogens is 222 g/mol. The average Bonchev–Trinajstić information content (AvgIpc) is 2.89. The fraction of sp³-hybridized carbons (Fsp3) is 0.625. The highest BCUT2D eigenvalue weighted by Gasteiger charge is 2.34.